The standard InChI is InChI=1S/C35H73N/c1-5-8-11-14-16-19-23-28-33-36(4)34-29-24-20-17-18-22-27-32-35(30-25-13-10-7-3)31-26-21-15-12-9-6-2/h35H,5-34H2,1-4H3. The summed E-state index contributed by atoms with van der Waals surface area (Å²) in [5.74, 6) is 1.03. The molecule has 0 N–H and O–H groups in total. The molecule has 0 saturated heterocycles. The van der Waals surface area contributed by atoms with Crippen LogP contribution in [0.5, 0.6) is 0 Å². The normalized spacial score (nSPS) is 12.6. The van der Waals surface area contributed by atoms with Crippen LogP contribution in [0.1, 0.15) is 201 Å². The van der Waals surface area contributed by atoms with Gasteiger partial charge in [0.15, 0.2) is 0 Å². The van der Waals surface area contributed by atoms with Crippen molar-refractivity contribution in [1.29, 1.82) is 0 Å². The quantitative estimate of drug-likeness (QED) is 0.0843. The maximum Gasteiger partial charge on any atom is -0.00218 e. The molecule has 0 aromatic carbocycles. The lowest BCUT2D eigenvalue weighted by Crippen LogP contribution is -2.20. The van der Waals surface area contributed by atoms with Gasteiger partial charge >= 0.3 is 0 Å². The van der Waals surface area contributed by atoms with E-state index in [1.54, 1.807) is 0 Å². The minimum atomic E-state index is 1.03. The van der Waals surface area contributed by atoms with E-state index in [1.165, 1.54) is 193 Å². The van der Waals surface area contributed by atoms with Gasteiger partial charge in [-0.25, -0.2) is 0 Å². The predicted octanol–water partition coefficient (Wildman–Crippen LogP) is 12.5. The Kier molecular flexibility index (Phi) is 31.1. The Bertz CT molecular complexity index is 379. The van der Waals surface area contributed by atoms with E-state index in [4.69, 9.17) is 0 Å². The van der Waals surface area contributed by atoms with Crippen LogP contribution in [0.3, 0.4) is 0 Å². The maximum absolute atomic E-state index is 2.58. The molecule has 1 nitrogen and oxygen atoms in total. The van der Waals surface area contributed by atoms with E-state index < -0.39 is 0 Å². The first-order chi connectivity index (χ1) is 17.7. The van der Waals surface area contributed by atoms with Gasteiger partial charge in [-0.15, -0.1) is 0 Å². The second-order valence-electron chi connectivity index (χ2n) is 12.3. The van der Waals surface area contributed by atoms with Gasteiger partial charge in [0.2, 0.25) is 0 Å². The van der Waals surface area contributed by atoms with Crippen LogP contribution in [0.4, 0.5) is 0 Å². The van der Waals surface area contributed by atoms with Gasteiger partial charge in [0, 0.05) is 0 Å². The fourth-order valence-electron chi connectivity index (χ4n) is 5.83. The number of rotatable bonds is 31. The molecule has 1 atom stereocenters. The Hall–Kier alpha value is -0.0400. The summed E-state index contributed by atoms with van der Waals surface area (Å²) in [7, 11) is 2.34. The fourth-order valence-corrected chi connectivity index (χ4v) is 5.83. The van der Waals surface area contributed by atoms with Crippen LogP contribution in [0.15, 0.2) is 0 Å². The maximum atomic E-state index is 2.58. The van der Waals surface area contributed by atoms with Gasteiger partial charge in [-0.2, -0.15) is 0 Å². The molecule has 1 unspecified atom stereocenters. The molecule has 0 rings (SSSR count). The molecule has 0 fully saturated rings. The van der Waals surface area contributed by atoms with E-state index in [2.05, 4.69) is 32.7 Å². The summed E-state index contributed by atoms with van der Waals surface area (Å²) in [6, 6.07) is 0. The number of nitrogens with zero attached hydrogens (tertiary/aromatic N) is 1. The summed E-state index contributed by atoms with van der Waals surface area (Å²) in [4.78, 5) is 2.58. The van der Waals surface area contributed by atoms with Crippen molar-refractivity contribution in [2.75, 3.05) is 20.1 Å². The summed E-state index contributed by atoms with van der Waals surface area (Å²) in [6.07, 6.45) is 40.8. The van der Waals surface area contributed by atoms with Crippen LogP contribution < -0.4 is 0 Å². The van der Waals surface area contributed by atoms with Crippen LogP contribution in [0.25, 0.3) is 0 Å². The highest BCUT2D eigenvalue weighted by atomic mass is 15.1. The summed E-state index contributed by atoms with van der Waals surface area (Å²) in [6.45, 7) is 9.59. The molecule has 0 aliphatic heterocycles. The van der Waals surface area contributed by atoms with Gasteiger partial charge in [0.25, 0.3) is 0 Å². The van der Waals surface area contributed by atoms with Gasteiger partial charge in [-0.05, 0) is 38.9 Å². The zero-order valence-corrected chi connectivity index (χ0v) is 26.2. The zero-order chi connectivity index (χ0) is 26.4. The molecule has 0 aliphatic rings. The molecular weight excluding hydrogens is 434 g/mol. The summed E-state index contributed by atoms with van der Waals surface area (Å²) < 4.78 is 0. The van der Waals surface area contributed by atoms with E-state index in [-0.39, 0.29) is 0 Å². The third-order valence-corrected chi connectivity index (χ3v) is 8.48. The lowest BCUT2D eigenvalue weighted by Gasteiger charge is -2.17. The molecule has 0 saturated carbocycles. The molecule has 0 bridgehead atoms. The van der Waals surface area contributed by atoms with Gasteiger partial charge in [-0.1, -0.05) is 188 Å². The second-order valence-corrected chi connectivity index (χ2v) is 12.3. The molecule has 36 heavy (non-hydrogen) atoms. The molecule has 0 spiro atoms. The minimum absolute atomic E-state index is 1.03. The van der Waals surface area contributed by atoms with Crippen molar-refractivity contribution in [2.45, 2.75) is 201 Å². The third-order valence-electron chi connectivity index (χ3n) is 8.48. The Labute approximate surface area is 231 Å². The van der Waals surface area contributed by atoms with Crippen molar-refractivity contribution in [1.82, 2.24) is 4.90 Å². The molecule has 0 aromatic rings. The lowest BCUT2D eigenvalue weighted by molar-refractivity contribution is 0.314. The fraction of sp³-hybridized carbons (Fsp3) is 1.00. The highest BCUT2D eigenvalue weighted by molar-refractivity contribution is 4.62. The molecule has 1 heteroatoms. The van der Waals surface area contributed by atoms with Crippen molar-refractivity contribution < 1.29 is 0 Å². The first kappa shape index (κ1) is 36.0. The average Bonchev–Trinajstić information content (AvgIpc) is 2.88. The monoisotopic (exact) mass is 508 g/mol. The SMILES string of the molecule is CCCCCCCCCCN(C)CCCCCCCCCC(CCCCCC)CCCCCCCC. The van der Waals surface area contributed by atoms with Crippen LogP contribution >= 0.6 is 0 Å². The summed E-state index contributed by atoms with van der Waals surface area (Å²) in [5, 5.41) is 0. The predicted molar refractivity (Wildman–Crippen MR) is 167 cm³/mol. The van der Waals surface area contributed by atoms with E-state index in [9.17, 15) is 0 Å². The van der Waals surface area contributed by atoms with Crippen molar-refractivity contribution in [3.63, 3.8) is 0 Å². The van der Waals surface area contributed by atoms with Crippen LogP contribution in [0, 0.1) is 5.92 Å². The average molecular weight is 508 g/mol. The Morgan fingerprint density at radius 2 is 0.583 bits per heavy atom. The van der Waals surface area contributed by atoms with Crippen molar-refractivity contribution in [3.05, 3.63) is 0 Å². The number of unbranched alkanes of at least 4 members (excludes halogenated alkanes) is 21. The molecule has 0 radical (unpaired) electrons. The smallest absolute Gasteiger partial charge is 0.00218 e. The summed E-state index contributed by atoms with van der Waals surface area (Å²) in [5.41, 5.74) is 0. The van der Waals surface area contributed by atoms with E-state index in [0.29, 0.717) is 0 Å². The first-order valence-corrected chi connectivity index (χ1v) is 17.4. The largest absolute Gasteiger partial charge is 0.306 e. The first-order valence-electron chi connectivity index (χ1n) is 17.4. The molecule has 0 aromatic heterocycles. The van der Waals surface area contributed by atoms with E-state index in [1.807, 2.05) is 0 Å². The van der Waals surface area contributed by atoms with Crippen molar-refractivity contribution >= 4 is 0 Å². The van der Waals surface area contributed by atoms with Gasteiger partial charge in [0.1, 0.15) is 0 Å². The Balaban J connectivity index is 3.61. The van der Waals surface area contributed by atoms with Crippen molar-refractivity contribution in [2.24, 2.45) is 5.92 Å². The molecule has 0 aliphatic carbocycles. The van der Waals surface area contributed by atoms with E-state index in [0.717, 1.165) is 5.92 Å². The van der Waals surface area contributed by atoms with Gasteiger partial charge in [-0.3, -0.25) is 0 Å². The van der Waals surface area contributed by atoms with Gasteiger partial charge in [0.05, 0.1) is 0 Å². The van der Waals surface area contributed by atoms with E-state index >= 15 is 0 Å². The second kappa shape index (κ2) is 31.2. The highest BCUT2D eigenvalue weighted by Gasteiger charge is 2.08. The zero-order valence-electron chi connectivity index (χ0n) is 26.2. The van der Waals surface area contributed by atoms with Crippen LogP contribution in [-0.4, -0.2) is 25.0 Å². The number of hydrogen-bond acceptors (Lipinski definition) is 1. The number of hydrogen-bond donors (Lipinski definition) is 0. The van der Waals surface area contributed by atoms with Crippen LogP contribution in [0.2, 0.25) is 0 Å². The topological polar surface area (TPSA) is 3.24 Å². The molecule has 218 valence electrons. The van der Waals surface area contributed by atoms with Gasteiger partial charge < -0.3 is 4.90 Å². The van der Waals surface area contributed by atoms with Crippen molar-refractivity contribution in [3.8, 4) is 0 Å². The minimum Gasteiger partial charge on any atom is -0.306 e. The molecule has 0 heterocycles. The highest BCUT2D eigenvalue weighted by Crippen LogP contribution is 2.24. The molecule has 0 amide bonds. The Morgan fingerprint density at radius 1 is 0.333 bits per heavy atom. The molecular formula is C35H73N. The van der Waals surface area contributed by atoms with Crippen LogP contribution in [-0.2, 0) is 0 Å². The summed E-state index contributed by atoms with van der Waals surface area (Å²) >= 11 is 0. The Morgan fingerprint density at radius 3 is 0.917 bits per heavy atom. The lowest BCUT2D eigenvalue weighted by atomic mass is 9.89. The third kappa shape index (κ3) is 28.5.